The lowest BCUT2D eigenvalue weighted by Crippen LogP contribution is -2.53. The molecule has 18 heavy (non-hydrogen) atoms. The van der Waals surface area contributed by atoms with Crippen molar-refractivity contribution < 1.29 is 9.59 Å². The van der Waals surface area contributed by atoms with Gasteiger partial charge in [-0.25, -0.2) is 0 Å². The van der Waals surface area contributed by atoms with Gasteiger partial charge >= 0.3 is 0 Å². The highest BCUT2D eigenvalue weighted by atomic mass is 35.5. The quantitative estimate of drug-likeness (QED) is 0.845. The number of hydrogen-bond acceptors (Lipinski definition) is 2. The molecule has 0 aromatic heterocycles. The van der Waals surface area contributed by atoms with E-state index in [0.29, 0.717) is 17.3 Å². The maximum Gasteiger partial charge on any atom is 0.252 e. The van der Waals surface area contributed by atoms with Gasteiger partial charge in [0, 0.05) is 13.0 Å². The first kappa shape index (κ1) is 12.9. The predicted molar refractivity (Wildman–Crippen MR) is 70.6 cm³/mol. The standard InChI is InChI=1S/C13H15ClN2O2/c1-13(2)12(18)16(8-7-11(17)15-13)10-6-4-3-5-9(10)14/h3-6H,7-8H2,1-2H3,(H,15,17). The molecule has 2 amide bonds. The Morgan fingerprint density at radius 2 is 1.94 bits per heavy atom. The number of carbonyl (C=O) groups is 2. The van der Waals surface area contributed by atoms with E-state index in [2.05, 4.69) is 5.32 Å². The Kier molecular flexibility index (Phi) is 3.30. The van der Waals surface area contributed by atoms with Gasteiger partial charge in [0.15, 0.2) is 0 Å². The number of benzene rings is 1. The van der Waals surface area contributed by atoms with E-state index in [0.717, 1.165) is 0 Å². The lowest BCUT2D eigenvalue weighted by molar-refractivity contribution is -0.128. The number of nitrogens with one attached hydrogen (secondary N) is 1. The number of halogens is 1. The van der Waals surface area contributed by atoms with Gasteiger partial charge < -0.3 is 10.2 Å². The topological polar surface area (TPSA) is 49.4 Å². The van der Waals surface area contributed by atoms with Crippen LogP contribution in [0.2, 0.25) is 5.02 Å². The largest absolute Gasteiger partial charge is 0.342 e. The van der Waals surface area contributed by atoms with Gasteiger partial charge in [0.05, 0.1) is 10.7 Å². The van der Waals surface area contributed by atoms with E-state index in [1.165, 1.54) is 0 Å². The summed E-state index contributed by atoms with van der Waals surface area (Å²) in [6, 6.07) is 7.15. The Labute approximate surface area is 111 Å². The second kappa shape index (κ2) is 4.61. The highest BCUT2D eigenvalue weighted by Crippen LogP contribution is 2.28. The van der Waals surface area contributed by atoms with Crippen LogP contribution < -0.4 is 10.2 Å². The minimum Gasteiger partial charge on any atom is -0.342 e. The van der Waals surface area contributed by atoms with Crippen molar-refractivity contribution in [3.63, 3.8) is 0 Å². The molecule has 1 heterocycles. The molecule has 4 nitrogen and oxygen atoms in total. The van der Waals surface area contributed by atoms with E-state index in [1.807, 2.05) is 12.1 Å². The Hall–Kier alpha value is -1.55. The highest BCUT2D eigenvalue weighted by Gasteiger charge is 2.37. The summed E-state index contributed by atoms with van der Waals surface area (Å²) in [6.07, 6.45) is 0.278. The number of anilines is 1. The van der Waals surface area contributed by atoms with Gasteiger partial charge in [0.2, 0.25) is 5.91 Å². The zero-order chi connectivity index (χ0) is 13.3. The van der Waals surface area contributed by atoms with Crippen LogP contribution in [0.5, 0.6) is 0 Å². The zero-order valence-electron chi connectivity index (χ0n) is 10.4. The minimum absolute atomic E-state index is 0.122. The molecule has 1 aliphatic heterocycles. The van der Waals surface area contributed by atoms with Gasteiger partial charge in [-0.3, -0.25) is 9.59 Å². The van der Waals surface area contributed by atoms with Crippen LogP contribution in [-0.4, -0.2) is 23.9 Å². The summed E-state index contributed by atoms with van der Waals surface area (Å²) in [7, 11) is 0. The summed E-state index contributed by atoms with van der Waals surface area (Å²) >= 11 is 6.11. The maximum atomic E-state index is 12.4. The van der Waals surface area contributed by atoms with Crippen LogP contribution in [-0.2, 0) is 9.59 Å². The molecular formula is C13H15ClN2O2. The number of para-hydroxylation sites is 1. The highest BCUT2D eigenvalue weighted by molar-refractivity contribution is 6.34. The molecule has 1 saturated heterocycles. The first-order valence-electron chi connectivity index (χ1n) is 5.79. The van der Waals surface area contributed by atoms with Crippen molar-refractivity contribution in [1.82, 2.24) is 5.32 Å². The van der Waals surface area contributed by atoms with Crippen molar-refractivity contribution in [2.75, 3.05) is 11.4 Å². The molecule has 1 fully saturated rings. The third-order valence-electron chi connectivity index (χ3n) is 2.94. The van der Waals surface area contributed by atoms with E-state index in [4.69, 9.17) is 11.6 Å². The van der Waals surface area contributed by atoms with Crippen LogP contribution in [0.1, 0.15) is 20.3 Å². The van der Waals surface area contributed by atoms with Crippen LogP contribution in [0.15, 0.2) is 24.3 Å². The maximum absolute atomic E-state index is 12.4. The third-order valence-corrected chi connectivity index (χ3v) is 3.26. The fraction of sp³-hybridized carbons (Fsp3) is 0.385. The summed E-state index contributed by atoms with van der Waals surface area (Å²) in [5, 5.41) is 3.22. The Balaban J connectivity index is 2.41. The van der Waals surface area contributed by atoms with Crippen LogP contribution in [0.4, 0.5) is 5.69 Å². The number of carbonyl (C=O) groups excluding carboxylic acids is 2. The monoisotopic (exact) mass is 266 g/mol. The first-order valence-corrected chi connectivity index (χ1v) is 6.17. The minimum atomic E-state index is -0.910. The normalized spacial score (nSPS) is 19.4. The molecule has 0 aliphatic carbocycles. The summed E-state index contributed by atoms with van der Waals surface area (Å²) in [6.45, 7) is 3.74. The second-order valence-electron chi connectivity index (χ2n) is 4.83. The molecule has 1 aliphatic rings. The van der Waals surface area contributed by atoms with Crippen LogP contribution in [0, 0.1) is 0 Å². The molecule has 1 aromatic carbocycles. The Morgan fingerprint density at radius 1 is 1.28 bits per heavy atom. The Bertz CT molecular complexity index is 500. The van der Waals surface area contributed by atoms with Gasteiger partial charge in [-0.05, 0) is 26.0 Å². The smallest absolute Gasteiger partial charge is 0.252 e. The predicted octanol–water partition coefficient (Wildman–Crippen LogP) is 1.97. The van der Waals surface area contributed by atoms with Crippen molar-refractivity contribution in [2.45, 2.75) is 25.8 Å². The average molecular weight is 267 g/mol. The van der Waals surface area contributed by atoms with E-state index in [1.54, 1.807) is 30.9 Å². The summed E-state index contributed by atoms with van der Waals surface area (Å²) in [4.78, 5) is 25.6. The van der Waals surface area contributed by atoms with Gasteiger partial charge in [0.1, 0.15) is 5.54 Å². The van der Waals surface area contributed by atoms with Gasteiger partial charge in [-0.15, -0.1) is 0 Å². The van der Waals surface area contributed by atoms with E-state index < -0.39 is 5.54 Å². The average Bonchev–Trinajstić information content (AvgIpc) is 2.39. The van der Waals surface area contributed by atoms with Crippen molar-refractivity contribution >= 4 is 29.1 Å². The van der Waals surface area contributed by atoms with E-state index >= 15 is 0 Å². The molecule has 0 saturated carbocycles. The molecule has 0 unspecified atom stereocenters. The number of nitrogens with zero attached hydrogens (tertiary/aromatic N) is 1. The summed E-state index contributed by atoms with van der Waals surface area (Å²) in [5.74, 6) is -0.274. The van der Waals surface area contributed by atoms with Crippen molar-refractivity contribution in [1.29, 1.82) is 0 Å². The molecule has 2 rings (SSSR count). The fourth-order valence-electron chi connectivity index (χ4n) is 2.02. The van der Waals surface area contributed by atoms with Crippen LogP contribution in [0.3, 0.4) is 0 Å². The second-order valence-corrected chi connectivity index (χ2v) is 5.24. The third kappa shape index (κ3) is 2.34. The van der Waals surface area contributed by atoms with Gasteiger partial charge in [-0.2, -0.15) is 0 Å². The van der Waals surface area contributed by atoms with Crippen molar-refractivity contribution in [3.8, 4) is 0 Å². The van der Waals surface area contributed by atoms with Crippen molar-refractivity contribution in [3.05, 3.63) is 29.3 Å². The number of hydrogen-bond donors (Lipinski definition) is 1. The van der Waals surface area contributed by atoms with Gasteiger partial charge in [-0.1, -0.05) is 23.7 Å². The molecule has 0 radical (unpaired) electrons. The summed E-state index contributed by atoms with van der Waals surface area (Å²) < 4.78 is 0. The molecule has 0 spiro atoms. The number of amides is 2. The first-order chi connectivity index (χ1) is 8.42. The summed E-state index contributed by atoms with van der Waals surface area (Å²) in [5.41, 5.74) is -0.263. The molecule has 5 heteroatoms. The van der Waals surface area contributed by atoms with E-state index in [-0.39, 0.29) is 18.2 Å². The molecule has 0 bridgehead atoms. The van der Waals surface area contributed by atoms with E-state index in [9.17, 15) is 9.59 Å². The number of rotatable bonds is 1. The van der Waals surface area contributed by atoms with Gasteiger partial charge in [0.25, 0.3) is 5.91 Å². The van der Waals surface area contributed by atoms with Crippen LogP contribution in [0.25, 0.3) is 0 Å². The molecular weight excluding hydrogens is 252 g/mol. The fourth-order valence-corrected chi connectivity index (χ4v) is 2.26. The van der Waals surface area contributed by atoms with Crippen LogP contribution >= 0.6 is 11.6 Å². The molecule has 1 aromatic rings. The Morgan fingerprint density at radius 3 is 2.61 bits per heavy atom. The van der Waals surface area contributed by atoms with Crippen molar-refractivity contribution in [2.24, 2.45) is 0 Å². The lowest BCUT2D eigenvalue weighted by Gasteiger charge is -2.29. The lowest BCUT2D eigenvalue weighted by atomic mass is 10.0. The SMILES string of the molecule is CC1(C)NC(=O)CCN(c2ccccc2Cl)C1=O. The molecule has 0 atom stereocenters. The zero-order valence-corrected chi connectivity index (χ0v) is 11.1. The molecule has 96 valence electrons. The molecule has 1 N–H and O–H groups in total.